The van der Waals surface area contributed by atoms with E-state index >= 15 is 0 Å². The predicted molar refractivity (Wildman–Crippen MR) is 68.8 cm³/mol. The summed E-state index contributed by atoms with van der Waals surface area (Å²) in [5.41, 5.74) is 0.885. The molecule has 0 radical (unpaired) electrons. The van der Waals surface area contributed by atoms with Gasteiger partial charge >= 0.3 is 0 Å². The molecule has 2 nitrogen and oxygen atoms in total. The Morgan fingerprint density at radius 2 is 2.06 bits per heavy atom. The number of rotatable bonds is 2. The summed E-state index contributed by atoms with van der Waals surface area (Å²) in [6, 6.07) is 6.12. The number of amides is 1. The topological polar surface area (TPSA) is 20.3 Å². The second-order valence-corrected chi connectivity index (χ2v) is 5.89. The number of thioether (sulfide) groups is 1. The van der Waals surface area contributed by atoms with Gasteiger partial charge in [0.1, 0.15) is 11.2 Å². The van der Waals surface area contributed by atoms with E-state index in [1.165, 1.54) is 12.1 Å². The fourth-order valence-electron chi connectivity index (χ4n) is 1.72. The minimum absolute atomic E-state index is 0.122. The SMILES string of the molecule is O=C(C(Cl)Cl)N1CCS[C@@H]1c1ccc(F)cc1. The normalized spacial score (nSPS) is 20.0. The van der Waals surface area contributed by atoms with Crippen molar-refractivity contribution in [2.24, 2.45) is 0 Å². The zero-order valence-electron chi connectivity index (χ0n) is 8.78. The van der Waals surface area contributed by atoms with Crippen molar-refractivity contribution in [2.45, 2.75) is 10.2 Å². The van der Waals surface area contributed by atoms with E-state index in [0.29, 0.717) is 6.54 Å². The summed E-state index contributed by atoms with van der Waals surface area (Å²) in [7, 11) is 0. The van der Waals surface area contributed by atoms with Gasteiger partial charge in [-0.2, -0.15) is 0 Å². The highest BCUT2D eigenvalue weighted by atomic mass is 35.5. The number of benzene rings is 1. The average molecular weight is 294 g/mol. The monoisotopic (exact) mass is 293 g/mol. The number of alkyl halides is 2. The number of hydrogen-bond donors (Lipinski definition) is 0. The fourth-order valence-corrected chi connectivity index (χ4v) is 3.24. The van der Waals surface area contributed by atoms with Gasteiger partial charge in [0.25, 0.3) is 5.91 Å². The molecule has 2 rings (SSSR count). The predicted octanol–water partition coefficient (Wildman–Crippen LogP) is 3.20. The Bertz CT molecular complexity index is 412. The molecule has 17 heavy (non-hydrogen) atoms. The second-order valence-electron chi connectivity index (χ2n) is 3.61. The molecule has 0 aromatic heterocycles. The van der Waals surface area contributed by atoms with Crippen molar-refractivity contribution in [3.05, 3.63) is 35.6 Å². The highest BCUT2D eigenvalue weighted by molar-refractivity contribution is 7.99. The van der Waals surface area contributed by atoms with Crippen molar-refractivity contribution in [1.29, 1.82) is 0 Å². The van der Waals surface area contributed by atoms with Gasteiger partial charge in [-0.25, -0.2) is 4.39 Å². The third-order valence-corrected chi connectivity index (χ3v) is 4.15. The van der Waals surface area contributed by atoms with Crippen LogP contribution in [-0.4, -0.2) is 27.9 Å². The van der Waals surface area contributed by atoms with E-state index in [9.17, 15) is 9.18 Å². The minimum atomic E-state index is -1.04. The summed E-state index contributed by atoms with van der Waals surface area (Å²) in [6.07, 6.45) is 0. The lowest BCUT2D eigenvalue weighted by Gasteiger charge is -2.24. The van der Waals surface area contributed by atoms with Gasteiger partial charge in [-0.1, -0.05) is 35.3 Å². The van der Waals surface area contributed by atoms with Crippen molar-refractivity contribution >= 4 is 40.9 Å². The molecule has 1 heterocycles. The van der Waals surface area contributed by atoms with Gasteiger partial charge in [0.05, 0.1) is 0 Å². The van der Waals surface area contributed by atoms with E-state index in [4.69, 9.17) is 23.2 Å². The number of carbonyl (C=O) groups excluding carboxylic acids is 1. The molecule has 1 atom stereocenters. The van der Waals surface area contributed by atoms with Gasteiger partial charge in [-0.05, 0) is 17.7 Å². The molecule has 0 unspecified atom stereocenters. The van der Waals surface area contributed by atoms with E-state index in [2.05, 4.69) is 0 Å². The van der Waals surface area contributed by atoms with E-state index < -0.39 is 4.84 Å². The lowest BCUT2D eigenvalue weighted by molar-refractivity contribution is -0.129. The second kappa shape index (κ2) is 5.46. The van der Waals surface area contributed by atoms with Gasteiger partial charge in [0.2, 0.25) is 0 Å². The molecule has 1 fully saturated rings. The zero-order valence-corrected chi connectivity index (χ0v) is 11.1. The molecule has 6 heteroatoms. The maximum atomic E-state index is 12.8. The molecule has 0 aliphatic carbocycles. The molecular formula is C11H10Cl2FNOS. The first-order valence-corrected chi connectivity index (χ1v) is 6.97. The summed E-state index contributed by atoms with van der Waals surface area (Å²) >= 11 is 12.8. The number of hydrogen-bond acceptors (Lipinski definition) is 2. The van der Waals surface area contributed by atoms with Crippen LogP contribution in [0.5, 0.6) is 0 Å². The van der Waals surface area contributed by atoms with Crippen LogP contribution in [0, 0.1) is 5.82 Å². The van der Waals surface area contributed by atoms with E-state index in [-0.39, 0.29) is 17.1 Å². The largest absolute Gasteiger partial charge is 0.323 e. The average Bonchev–Trinajstić information content (AvgIpc) is 2.77. The summed E-state index contributed by atoms with van der Waals surface area (Å²) in [4.78, 5) is 12.4. The van der Waals surface area contributed by atoms with Crippen LogP contribution < -0.4 is 0 Å². The summed E-state index contributed by atoms with van der Waals surface area (Å²) in [6.45, 7) is 0.613. The molecule has 0 spiro atoms. The molecule has 1 saturated heterocycles. The van der Waals surface area contributed by atoms with Gasteiger partial charge in [-0.3, -0.25) is 4.79 Å². The maximum Gasteiger partial charge on any atom is 0.257 e. The van der Waals surface area contributed by atoms with Crippen LogP contribution in [-0.2, 0) is 4.79 Å². The standard InChI is InChI=1S/C11H10Cl2FNOS/c12-9(13)10(16)15-5-6-17-11(15)7-1-3-8(14)4-2-7/h1-4,9,11H,5-6H2/t11-/m1/s1. The van der Waals surface area contributed by atoms with Crippen LogP contribution in [0.1, 0.15) is 10.9 Å². The molecule has 1 amide bonds. The molecule has 1 aromatic rings. The van der Waals surface area contributed by atoms with Gasteiger partial charge < -0.3 is 4.90 Å². The highest BCUT2D eigenvalue weighted by Gasteiger charge is 2.33. The lowest BCUT2D eigenvalue weighted by Crippen LogP contribution is -2.34. The third kappa shape index (κ3) is 2.87. The van der Waals surface area contributed by atoms with Crippen molar-refractivity contribution in [2.75, 3.05) is 12.3 Å². The molecule has 92 valence electrons. The quantitative estimate of drug-likeness (QED) is 0.781. The zero-order chi connectivity index (χ0) is 12.4. The van der Waals surface area contributed by atoms with Gasteiger partial charge in [0, 0.05) is 12.3 Å². The fraction of sp³-hybridized carbons (Fsp3) is 0.364. The van der Waals surface area contributed by atoms with Crippen molar-refractivity contribution in [3.63, 3.8) is 0 Å². The Morgan fingerprint density at radius 3 is 2.65 bits per heavy atom. The first kappa shape index (κ1) is 13.0. The molecule has 0 saturated carbocycles. The van der Waals surface area contributed by atoms with E-state index in [0.717, 1.165) is 11.3 Å². The molecule has 1 aliphatic rings. The first-order valence-electron chi connectivity index (χ1n) is 5.05. The van der Waals surface area contributed by atoms with Crippen LogP contribution in [0.15, 0.2) is 24.3 Å². The maximum absolute atomic E-state index is 12.8. The van der Waals surface area contributed by atoms with Gasteiger partial charge in [0.15, 0.2) is 4.84 Å². The smallest absolute Gasteiger partial charge is 0.257 e. The number of carbonyl (C=O) groups is 1. The Kier molecular flexibility index (Phi) is 4.17. The molecule has 0 N–H and O–H groups in total. The Morgan fingerprint density at radius 1 is 1.41 bits per heavy atom. The minimum Gasteiger partial charge on any atom is -0.323 e. The summed E-state index contributed by atoms with van der Waals surface area (Å²) < 4.78 is 12.8. The van der Waals surface area contributed by atoms with Crippen LogP contribution in [0.4, 0.5) is 4.39 Å². The van der Waals surface area contributed by atoms with E-state index in [1.54, 1.807) is 28.8 Å². The van der Waals surface area contributed by atoms with Crippen LogP contribution in [0.25, 0.3) is 0 Å². The Balaban J connectivity index is 2.20. The molecular weight excluding hydrogens is 284 g/mol. The van der Waals surface area contributed by atoms with Crippen LogP contribution in [0.3, 0.4) is 0 Å². The van der Waals surface area contributed by atoms with Crippen LogP contribution >= 0.6 is 35.0 Å². The molecule has 0 bridgehead atoms. The van der Waals surface area contributed by atoms with Crippen LogP contribution in [0.2, 0.25) is 0 Å². The first-order chi connectivity index (χ1) is 8.09. The Hall–Kier alpha value is -0.450. The van der Waals surface area contributed by atoms with Crippen molar-refractivity contribution in [1.82, 2.24) is 4.90 Å². The molecule has 1 aromatic carbocycles. The lowest BCUT2D eigenvalue weighted by atomic mass is 10.2. The van der Waals surface area contributed by atoms with Crippen molar-refractivity contribution in [3.8, 4) is 0 Å². The van der Waals surface area contributed by atoms with E-state index in [1.807, 2.05) is 0 Å². The third-order valence-electron chi connectivity index (χ3n) is 2.52. The Labute approximate surface area is 113 Å². The number of halogens is 3. The molecule has 1 aliphatic heterocycles. The summed E-state index contributed by atoms with van der Waals surface area (Å²) in [5, 5.41) is -0.122. The summed E-state index contributed by atoms with van der Waals surface area (Å²) in [5.74, 6) is 0.240. The highest BCUT2D eigenvalue weighted by Crippen LogP contribution is 2.38. The van der Waals surface area contributed by atoms with Gasteiger partial charge in [-0.15, -0.1) is 11.8 Å². The van der Waals surface area contributed by atoms with Crippen molar-refractivity contribution < 1.29 is 9.18 Å². The number of nitrogens with zero attached hydrogens (tertiary/aromatic N) is 1.